The first-order valence-electron chi connectivity index (χ1n) is 10.2. The first kappa shape index (κ1) is 20.8. The van der Waals surface area contributed by atoms with Gasteiger partial charge in [-0.25, -0.2) is 8.42 Å². The van der Waals surface area contributed by atoms with Crippen molar-refractivity contribution in [2.45, 2.75) is 44.9 Å². The van der Waals surface area contributed by atoms with Gasteiger partial charge in [0.2, 0.25) is 10.0 Å². The number of rotatable bonds is 6. The molecule has 1 aromatic heterocycles. The van der Waals surface area contributed by atoms with Gasteiger partial charge < -0.3 is 9.64 Å². The number of hydrogen-bond acceptors (Lipinski definition) is 5. The van der Waals surface area contributed by atoms with Crippen molar-refractivity contribution in [3.05, 3.63) is 59.4 Å². The number of aromatic nitrogens is 1. The summed E-state index contributed by atoms with van der Waals surface area (Å²) in [6, 6.07) is 8.98. The Kier molecular flexibility index (Phi) is 5.79. The van der Waals surface area contributed by atoms with Crippen LogP contribution in [0.15, 0.2) is 42.7 Å². The molecule has 0 spiro atoms. The van der Waals surface area contributed by atoms with E-state index in [-0.39, 0.29) is 18.1 Å². The lowest BCUT2D eigenvalue weighted by molar-refractivity contribution is 0.0507. The van der Waals surface area contributed by atoms with E-state index in [9.17, 15) is 13.2 Å². The Bertz CT molecular complexity index is 1020. The number of carbonyl (C=O) groups excluding carboxylic acids is 1. The number of anilines is 1. The van der Waals surface area contributed by atoms with Crippen LogP contribution >= 0.6 is 0 Å². The molecule has 1 fully saturated rings. The molecule has 4 rings (SSSR count). The number of amides is 1. The van der Waals surface area contributed by atoms with E-state index in [0.717, 1.165) is 30.6 Å². The van der Waals surface area contributed by atoms with Crippen LogP contribution in [-0.2, 0) is 27.7 Å². The molecule has 160 valence electrons. The van der Waals surface area contributed by atoms with Crippen LogP contribution in [-0.4, -0.2) is 55.8 Å². The second kappa shape index (κ2) is 8.35. The lowest BCUT2D eigenvalue weighted by Gasteiger charge is -2.26. The summed E-state index contributed by atoms with van der Waals surface area (Å²) >= 11 is 0. The molecule has 2 aliphatic rings. The van der Waals surface area contributed by atoms with Crippen molar-refractivity contribution in [1.29, 1.82) is 0 Å². The molecule has 8 heteroatoms. The average Bonchev–Trinajstić information content (AvgIpc) is 3.33. The van der Waals surface area contributed by atoms with Crippen molar-refractivity contribution < 1.29 is 17.9 Å². The predicted octanol–water partition coefficient (Wildman–Crippen LogP) is 2.61. The van der Waals surface area contributed by atoms with E-state index in [2.05, 4.69) is 4.98 Å². The SMILES string of the molecule is CC1Cc2cc(C(=O)N(Cc3cccnc3)CC3CCCO3)ccc2N1S(C)(=O)=O. The molecule has 2 aliphatic heterocycles. The quantitative estimate of drug-likeness (QED) is 0.705. The van der Waals surface area contributed by atoms with E-state index < -0.39 is 10.0 Å². The van der Waals surface area contributed by atoms with E-state index in [0.29, 0.717) is 30.8 Å². The van der Waals surface area contributed by atoms with Gasteiger partial charge in [-0.1, -0.05) is 6.07 Å². The van der Waals surface area contributed by atoms with Crippen LogP contribution in [0.3, 0.4) is 0 Å². The van der Waals surface area contributed by atoms with Gasteiger partial charge in [0.1, 0.15) is 0 Å². The summed E-state index contributed by atoms with van der Waals surface area (Å²) in [4.78, 5) is 19.4. The van der Waals surface area contributed by atoms with Crippen LogP contribution in [0.5, 0.6) is 0 Å². The molecule has 0 saturated carbocycles. The Balaban J connectivity index is 1.60. The molecule has 7 nitrogen and oxygen atoms in total. The van der Waals surface area contributed by atoms with Crippen molar-refractivity contribution in [3.8, 4) is 0 Å². The lowest BCUT2D eigenvalue weighted by atomic mass is 10.1. The Labute approximate surface area is 177 Å². The number of benzene rings is 1. The lowest BCUT2D eigenvalue weighted by Crippen LogP contribution is -2.37. The standard InChI is InChI=1S/C22H27N3O4S/c1-16-11-19-12-18(7-8-21(19)25(16)30(2,27)28)22(26)24(15-20-6-4-10-29-20)14-17-5-3-9-23-13-17/h3,5,7-9,12-13,16,20H,4,6,10-11,14-15H2,1-2H3. The minimum Gasteiger partial charge on any atom is -0.376 e. The maximum absolute atomic E-state index is 13.4. The fraction of sp³-hybridized carbons (Fsp3) is 0.455. The highest BCUT2D eigenvalue weighted by atomic mass is 32.2. The fourth-order valence-corrected chi connectivity index (χ4v) is 5.65. The Hall–Kier alpha value is -2.45. The molecular formula is C22H27N3O4S. The molecule has 2 unspecified atom stereocenters. The first-order chi connectivity index (χ1) is 14.3. The van der Waals surface area contributed by atoms with Crippen LogP contribution in [0.1, 0.15) is 41.3 Å². The van der Waals surface area contributed by atoms with E-state index in [1.54, 1.807) is 29.4 Å². The zero-order chi connectivity index (χ0) is 21.3. The van der Waals surface area contributed by atoms with Gasteiger partial charge >= 0.3 is 0 Å². The van der Waals surface area contributed by atoms with Crippen molar-refractivity contribution in [1.82, 2.24) is 9.88 Å². The molecule has 30 heavy (non-hydrogen) atoms. The second-order valence-corrected chi connectivity index (χ2v) is 10.00. The summed E-state index contributed by atoms with van der Waals surface area (Å²) < 4.78 is 31.5. The van der Waals surface area contributed by atoms with E-state index in [1.165, 1.54) is 10.6 Å². The molecule has 3 heterocycles. The normalized spacial score (nSPS) is 20.9. The molecular weight excluding hydrogens is 402 g/mol. The number of pyridine rings is 1. The van der Waals surface area contributed by atoms with Gasteiger partial charge in [0, 0.05) is 43.7 Å². The van der Waals surface area contributed by atoms with Crippen LogP contribution in [0, 0.1) is 0 Å². The summed E-state index contributed by atoms with van der Waals surface area (Å²) in [7, 11) is -3.36. The topological polar surface area (TPSA) is 79.8 Å². The van der Waals surface area contributed by atoms with Gasteiger partial charge in [0.05, 0.1) is 18.0 Å². The zero-order valence-corrected chi connectivity index (χ0v) is 18.1. The third-order valence-corrected chi connectivity index (χ3v) is 6.94. The van der Waals surface area contributed by atoms with Crippen LogP contribution in [0.2, 0.25) is 0 Å². The average molecular weight is 430 g/mol. The second-order valence-electron chi connectivity index (χ2n) is 8.14. The third kappa shape index (κ3) is 4.34. The van der Waals surface area contributed by atoms with Crippen LogP contribution in [0.4, 0.5) is 5.69 Å². The third-order valence-electron chi connectivity index (χ3n) is 5.67. The largest absolute Gasteiger partial charge is 0.376 e. The molecule has 0 aliphatic carbocycles. The number of sulfonamides is 1. The maximum atomic E-state index is 13.4. The van der Waals surface area contributed by atoms with Crippen molar-refractivity contribution in [3.63, 3.8) is 0 Å². The van der Waals surface area contributed by atoms with E-state index in [1.807, 2.05) is 25.1 Å². The molecule has 2 aromatic rings. The highest BCUT2D eigenvalue weighted by Gasteiger charge is 2.33. The highest BCUT2D eigenvalue weighted by molar-refractivity contribution is 7.92. The Morgan fingerprint density at radius 3 is 2.83 bits per heavy atom. The maximum Gasteiger partial charge on any atom is 0.254 e. The molecule has 0 N–H and O–H groups in total. The number of ether oxygens (including phenoxy) is 1. The number of nitrogens with zero attached hydrogens (tertiary/aromatic N) is 3. The molecule has 1 amide bonds. The molecule has 2 atom stereocenters. The molecule has 0 bridgehead atoms. The summed E-state index contributed by atoms with van der Waals surface area (Å²) in [6.45, 7) is 3.60. The van der Waals surface area contributed by atoms with Crippen LogP contribution in [0.25, 0.3) is 0 Å². The smallest absolute Gasteiger partial charge is 0.254 e. The summed E-state index contributed by atoms with van der Waals surface area (Å²) in [5.41, 5.74) is 3.08. The van der Waals surface area contributed by atoms with Crippen molar-refractivity contribution in [2.75, 3.05) is 23.7 Å². The van der Waals surface area contributed by atoms with Gasteiger partial charge in [-0.15, -0.1) is 0 Å². The Morgan fingerprint density at radius 2 is 2.17 bits per heavy atom. The monoisotopic (exact) mass is 429 g/mol. The van der Waals surface area contributed by atoms with Gasteiger partial charge in [-0.05, 0) is 61.6 Å². The minimum absolute atomic E-state index is 0.0424. The summed E-state index contributed by atoms with van der Waals surface area (Å²) in [6.07, 6.45) is 7.29. The highest BCUT2D eigenvalue weighted by Crippen LogP contribution is 2.35. The van der Waals surface area contributed by atoms with Crippen LogP contribution < -0.4 is 4.31 Å². The molecule has 0 radical (unpaired) electrons. The fourth-order valence-electron chi connectivity index (χ4n) is 4.39. The van der Waals surface area contributed by atoms with Crippen molar-refractivity contribution >= 4 is 21.6 Å². The minimum atomic E-state index is -3.36. The van der Waals surface area contributed by atoms with Gasteiger partial charge in [0.15, 0.2) is 0 Å². The number of fused-ring (bicyclic) bond motifs is 1. The van der Waals surface area contributed by atoms with Gasteiger partial charge in [-0.3, -0.25) is 14.1 Å². The summed E-state index contributed by atoms with van der Waals surface area (Å²) in [5, 5.41) is 0. The predicted molar refractivity (Wildman–Crippen MR) is 115 cm³/mol. The van der Waals surface area contributed by atoms with Gasteiger partial charge in [0.25, 0.3) is 5.91 Å². The number of carbonyl (C=O) groups is 1. The zero-order valence-electron chi connectivity index (χ0n) is 17.3. The summed E-state index contributed by atoms with van der Waals surface area (Å²) in [5.74, 6) is -0.0809. The van der Waals surface area contributed by atoms with E-state index in [4.69, 9.17) is 4.74 Å². The first-order valence-corrected chi connectivity index (χ1v) is 12.1. The molecule has 1 aromatic carbocycles. The Morgan fingerprint density at radius 1 is 1.33 bits per heavy atom. The van der Waals surface area contributed by atoms with Gasteiger partial charge in [-0.2, -0.15) is 0 Å². The van der Waals surface area contributed by atoms with Crippen molar-refractivity contribution in [2.24, 2.45) is 0 Å². The molecule has 1 saturated heterocycles. The number of hydrogen-bond donors (Lipinski definition) is 0. The van der Waals surface area contributed by atoms with E-state index >= 15 is 0 Å².